The Hall–Kier alpha value is -0.313. The summed E-state index contributed by atoms with van der Waals surface area (Å²) in [6, 6.07) is 0. The fourth-order valence-corrected chi connectivity index (χ4v) is 1.56. The Bertz CT molecular complexity index is 156. The van der Waals surface area contributed by atoms with E-state index < -0.39 is 0 Å². The average molecular weight is 188 g/mol. The molecule has 0 aliphatic carbocycles. The van der Waals surface area contributed by atoms with E-state index in [0.717, 1.165) is 10.2 Å². The van der Waals surface area contributed by atoms with Gasteiger partial charge >= 0.3 is 5.97 Å². The minimum Gasteiger partial charge on any atom is -0.469 e. The van der Waals surface area contributed by atoms with E-state index >= 15 is 0 Å². The topological polar surface area (TPSA) is 26.3 Å². The van der Waals surface area contributed by atoms with Crippen LogP contribution in [0, 0.1) is 11.8 Å². The SMILES string of the molecule is COC(=O)C([SiH3])(C(C)C)C(C)C. The summed E-state index contributed by atoms with van der Waals surface area (Å²) in [5.74, 6) is 0.701. The maximum atomic E-state index is 11.5. The molecule has 0 aliphatic rings. The molecule has 0 N–H and O–H groups in total. The molecule has 0 saturated heterocycles. The molecule has 0 aliphatic heterocycles. The molecule has 0 amide bonds. The highest BCUT2D eigenvalue weighted by Crippen LogP contribution is 2.40. The number of esters is 1. The van der Waals surface area contributed by atoms with Gasteiger partial charge in [-0.3, -0.25) is 4.79 Å². The first-order valence-electron chi connectivity index (χ1n) is 4.45. The fourth-order valence-electron chi connectivity index (χ4n) is 1.36. The van der Waals surface area contributed by atoms with E-state index in [-0.39, 0.29) is 11.0 Å². The number of hydrogen-bond acceptors (Lipinski definition) is 2. The first-order valence-corrected chi connectivity index (χ1v) is 5.45. The lowest BCUT2D eigenvalue weighted by Gasteiger charge is -2.34. The summed E-state index contributed by atoms with van der Waals surface area (Å²) in [5.41, 5.74) is 0. The summed E-state index contributed by atoms with van der Waals surface area (Å²) in [6.45, 7) is 8.35. The Morgan fingerprint density at radius 2 is 1.58 bits per heavy atom. The molecule has 0 atom stereocenters. The molecule has 72 valence electrons. The van der Waals surface area contributed by atoms with Crippen LogP contribution in [0.5, 0.6) is 0 Å². The van der Waals surface area contributed by atoms with Crippen LogP contribution in [0.15, 0.2) is 0 Å². The second-order valence-electron chi connectivity index (χ2n) is 4.08. The van der Waals surface area contributed by atoms with E-state index in [9.17, 15) is 4.79 Å². The zero-order valence-electron chi connectivity index (χ0n) is 8.97. The van der Waals surface area contributed by atoms with Gasteiger partial charge in [0.15, 0.2) is 0 Å². The molecule has 0 saturated carbocycles. The zero-order valence-corrected chi connectivity index (χ0v) is 11.0. The first-order chi connectivity index (χ1) is 5.37. The molecular formula is C9H20O2Si. The predicted octanol–water partition coefficient (Wildman–Crippen LogP) is 0.995. The quantitative estimate of drug-likeness (QED) is 0.488. The molecule has 0 heterocycles. The molecule has 0 aromatic carbocycles. The summed E-state index contributed by atoms with van der Waals surface area (Å²) in [4.78, 5) is 11.5. The Balaban J connectivity index is 4.74. The van der Waals surface area contributed by atoms with Crippen molar-refractivity contribution in [3.63, 3.8) is 0 Å². The van der Waals surface area contributed by atoms with E-state index in [0.29, 0.717) is 11.8 Å². The third kappa shape index (κ3) is 1.89. The monoisotopic (exact) mass is 188 g/mol. The maximum Gasteiger partial charge on any atom is 0.308 e. The van der Waals surface area contributed by atoms with Crippen LogP contribution in [0.4, 0.5) is 0 Å². The molecule has 2 nitrogen and oxygen atoms in total. The normalized spacial score (nSPS) is 12.6. The third-order valence-electron chi connectivity index (χ3n) is 3.02. The highest BCUT2D eigenvalue weighted by molar-refractivity contribution is 6.27. The molecule has 0 bridgehead atoms. The van der Waals surface area contributed by atoms with Crippen LogP contribution in [0.1, 0.15) is 27.7 Å². The van der Waals surface area contributed by atoms with Gasteiger partial charge in [0, 0.05) is 10.2 Å². The summed E-state index contributed by atoms with van der Waals surface area (Å²) in [7, 11) is 2.33. The Labute approximate surface area is 78.1 Å². The Kier molecular flexibility index (Phi) is 3.97. The molecule has 0 rings (SSSR count). The molecule has 0 spiro atoms. The molecule has 0 aromatic rings. The van der Waals surface area contributed by atoms with E-state index in [4.69, 9.17) is 4.74 Å². The number of ether oxygens (including phenoxy) is 1. The largest absolute Gasteiger partial charge is 0.469 e. The van der Waals surface area contributed by atoms with Crippen LogP contribution in [-0.4, -0.2) is 23.3 Å². The van der Waals surface area contributed by atoms with Gasteiger partial charge in [-0.15, -0.1) is 0 Å². The van der Waals surface area contributed by atoms with Crippen LogP contribution in [-0.2, 0) is 9.53 Å². The van der Waals surface area contributed by atoms with Crippen molar-refractivity contribution in [2.24, 2.45) is 11.8 Å². The highest BCUT2D eigenvalue weighted by atomic mass is 28.1. The average Bonchev–Trinajstić information content (AvgIpc) is 2.00. The lowest BCUT2D eigenvalue weighted by molar-refractivity contribution is -0.147. The van der Waals surface area contributed by atoms with Crippen LogP contribution in [0.2, 0.25) is 5.04 Å². The Morgan fingerprint density at radius 1 is 1.25 bits per heavy atom. The van der Waals surface area contributed by atoms with Crippen molar-refractivity contribution in [1.29, 1.82) is 0 Å². The molecular weight excluding hydrogens is 168 g/mol. The maximum absolute atomic E-state index is 11.5. The molecule has 0 fully saturated rings. The van der Waals surface area contributed by atoms with Gasteiger partial charge in [-0.25, -0.2) is 0 Å². The lowest BCUT2D eigenvalue weighted by atomic mass is 9.84. The van der Waals surface area contributed by atoms with Gasteiger partial charge in [-0.1, -0.05) is 27.7 Å². The zero-order chi connectivity index (χ0) is 9.94. The van der Waals surface area contributed by atoms with E-state index in [1.165, 1.54) is 7.11 Å². The lowest BCUT2D eigenvalue weighted by Crippen LogP contribution is -2.35. The number of methoxy groups -OCH3 is 1. The number of hydrogen-bond donors (Lipinski definition) is 0. The third-order valence-corrected chi connectivity index (χ3v) is 5.74. The van der Waals surface area contributed by atoms with Gasteiger partial charge in [0.05, 0.1) is 12.1 Å². The smallest absolute Gasteiger partial charge is 0.308 e. The number of carbonyl (C=O) groups excluding carboxylic acids is 1. The summed E-state index contributed by atoms with van der Waals surface area (Å²) < 4.78 is 4.83. The van der Waals surface area contributed by atoms with Crippen LogP contribution < -0.4 is 0 Å². The van der Waals surface area contributed by atoms with Crippen LogP contribution >= 0.6 is 0 Å². The Morgan fingerprint density at radius 3 is 1.67 bits per heavy atom. The predicted molar refractivity (Wildman–Crippen MR) is 54.3 cm³/mol. The van der Waals surface area contributed by atoms with Crippen molar-refractivity contribution in [1.82, 2.24) is 0 Å². The highest BCUT2D eigenvalue weighted by Gasteiger charge is 2.40. The standard InChI is InChI=1S/C9H20O2Si/c1-6(2)9(12,7(3)4)8(10)11-5/h6-7H,1-5,12H3. The van der Waals surface area contributed by atoms with Crippen molar-refractivity contribution in [2.75, 3.05) is 7.11 Å². The van der Waals surface area contributed by atoms with Crippen molar-refractivity contribution in [3.05, 3.63) is 0 Å². The van der Waals surface area contributed by atoms with Gasteiger partial charge < -0.3 is 4.74 Å². The second kappa shape index (κ2) is 4.08. The van der Waals surface area contributed by atoms with Gasteiger partial charge in [-0.2, -0.15) is 0 Å². The van der Waals surface area contributed by atoms with E-state index in [2.05, 4.69) is 27.7 Å². The van der Waals surface area contributed by atoms with Crippen LogP contribution in [0.25, 0.3) is 0 Å². The molecule has 0 aromatic heterocycles. The first kappa shape index (κ1) is 11.7. The van der Waals surface area contributed by atoms with E-state index in [1.54, 1.807) is 0 Å². The van der Waals surface area contributed by atoms with Crippen molar-refractivity contribution in [2.45, 2.75) is 32.7 Å². The van der Waals surface area contributed by atoms with Gasteiger partial charge in [0.2, 0.25) is 0 Å². The summed E-state index contributed by atoms with van der Waals surface area (Å²) >= 11 is 0. The number of carbonyl (C=O) groups is 1. The molecule has 0 radical (unpaired) electrons. The molecule has 12 heavy (non-hydrogen) atoms. The van der Waals surface area contributed by atoms with Crippen molar-refractivity contribution < 1.29 is 9.53 Å². The summed E-state index contributed by atoms with van der Waals surface area (Å²) in [5, 5.41) is -0.214. The second-order valence-corrected chi connectivity index (χ2v) is 5.74. The van der Waals surface area contributed by atoms with Gasteiger partial charge in [-0.05, 0) is 11.8 Å². The van der Waals surface area contributed by atoms with Gasteiger partial charge in [0.1, 0.15) is 0 Å². The van der Waals surface area contributed by atoms with E-state index in [1.807, 2.05) is 0 Å². The van der Waals surface area contributed by atoms with Crippen molar-refractivity contribution >= 4 is 16.2 Å². The van der Waals surface area contributed by atoms with Crippen LogP contribution in [0.3, 0.4) is 0 Å². The number of rotatable bonds is 3. The molecule has 3 heteroatoms. The minimum absolute atomic E-state index is 0.0424. The fraction of sp³-hybridized carbons (Fsp3) is 0.889. The minimum atomic E-state index is -0.214. The van der Waals surface area contributed by atoms with Crippen molar-refractivity contribution in [3.8, 4) is 0 Å². The molecule has 0 unspecified atom stereocenters. The summed E-state index contributed by atoms with van der Waals surface area (Å²) in [6.07, 6.45) is 0. The van der Waals surface area contributed by atoms with Gasteiger partial charge in [0.25, 0.3) is 0 Å².